The average Bonchev–Trinajstić information content (AvgIpc) is 3.04. The SMILES string of the molecule is CCCCS(=O)(=O)Nc1nc(-c2ccc(F)cc2)c(-c2ccnc(Cl)n2)s1. The molecule has 27 heavy (non-hydrogen) atoms. The predicted molar refractivity (Wildman–Crippen MR) is 106 cm³/mol. The second-order valence-electron chi connectivity index (χ2n) is 5.69. The van der Waals surface area contributed by atoms with E-state index in [9.17, 15) is 12.8 Å². The van der Waals surface area contributed by atoms with Gasteiger partial charge in [0.25, 0.3) is 0 Å². The molecule has 0 spiro atoms. The number of rotatable bonds is 7. The van der Waals surface area contributed by atoms with Crippen molar-refractivity contribution in [3.63, 3.8) is 0 Å². The van der Waals surface area contributed by atoms with Crippen LogP contribution in [0.2, 0.25) is 5.28 Å². The molecule has 0 aliphatic rings. The molecule has 0 aliphatic heterocycles. The first-order valence-electron chi connectivity index (χ1n) is 8.14. The third kappa shape index (κ3) is 5.00. The van der Waals surface area contributed by atoms with E-state index < -0.39 is 10.0 Å². The summed E-state index contributed by atoms with van der Waals surface area (Å²) in [5.74, 6) is -0.356. The molecule has 10 heteroatoms. The molecule has 0 saturated heterocycles. The Balaban J connectivity index is 2.05. The van der Waals surface area contributed by atoms with Crippen LogP contribution in [0.1, 0.15) is 19.8 Å². The van der Waals surface area contributed by atoms with Gasteiger partial charge >= 0.3 is 0 Å². The molecule has 0 saturated carbocycles. The van der Waals surface area contributed by atoms with Crippen LogP contribution in [0.4, 0.5) is 9.52 Å². The summed E-state index contributed by atoms with van der Waals surface area (Å²) in [6, 6.07) is 7.44. The average molecular weight is 427 g/mol. The maximum atomic E-state index is 13.3. The van der Waals surface area contributed by atoms with Crippen molar-refractivity contribution in [2.24, 2.45) is 0 Å². The summed E-state index contributed by atoms with van der Waals surface area (Å²) >= 11 is 7.02. The van der Waals surface area contributed by atoms with Crippen molar-refractivity contribution in [1.29, 1.82) is 0 Å². The van der Waals surface area contributed by atoms with Gasteiger partial charge in [-0.2, -0.15) is 0 Å². The molecule has 1 aromatic carbocycles. The van der Waals surface area contributed by atoms with Crippen molar-refractivity contribution < 1.29 is 12.8 Å². The van der Waals surface area contributed by atoms with Crippen LogP contribution >= 0.6 is 22.9 Å². The van der Waals surface area contributed by atoms with Crippen molar-refractivity contribution in [3.05, 3.63) is 47.6 Å². The standard InChI is InChI=1S/C17H16ClFN4O2S2/c1-2-3-10-27(24,25)23-17-22-14(11-4-6-12(19)7-5-11)15(26-17)13-8-9-20-16(18)21-13/h4-9H,2-3,10H2,1H3,(H,22,23). The molecule has 0 unspecified atom stereocenters. The van der Waals surface area contributed by atoms with E-state index in [-0.39, 0.29) is 22.0 Å². The fourth-order valence-electron chi connectivity index (χ4n) is 2.32. The van der Waals surface area contributed by atoms with Crippen molar-refractivity contribution in [1.82, 2.24) is 15.0 Å². The molecule has 2 heterocycles. The number of nitrogens with zero attached hydrogens (tertiary/aromatic N) is 3. The normalized spacial score (nSPS) is 11.5. The molecule has 0 fully saturated rings. The molecule has 6 nitrogen and oxygen atoms in total. The number of benzene rings is 1. The largest absolute Gasteiger partial charge is 0.259 e. The Kier molecular flexibility index (Phi) is 6.03. The van der Waals surface area contributed by atoms with Crippen LogP contribution < -0.4 is 4.72 Å². The monoisotopic (exact) mass is 426 g/mol. The van der Waals surface area contributed by atoms with E-state index >= 15 is 0 Å². The van der Waals surface area contributed by atoms with Crippen LogP contribution in [0.5, 0.6) is 0 Å². The topological polar surface area (TPSA) is 84.8 Å². The minimum atomic E-state index is -3.50. The summed E-state index contributed by atoms with van der Waals surface area (Å²) in [6.07, 6.45) is 2.83. The van der Waals surface area contributed by atoms with Gasteiger partial charge in [-0.1, -0.05) is 24.7 Å². The van der Waals surface area contributed by atoms with Gasteiger partial charge in [-0.15, -0.1) is 0 Å². The molecule has 0 aliphatic carbocycles. The molecule has 3 rings (SSSR count). The van der Waals surface area contributed by atoms with Crippen molar-refractivity contribution in [2.45, 2.75) is 19.8 Å². The molecule has 1 N–H and O–H groups in total. The number of sulfonamides is 1. The van der Waals surface area contributed by atoms with Crippen molar-refractivity contribution >= 4 is 38.1 Å². The first kappa shape index (κ1) is 19.7. The summed E-state index contributed by atoms with van der Waals surface area (Å²) in [4.78, 5) is 13.1. The van der Waals surface area contributed by atoms with Gasteiger partial charge in [0, 0.05) is 11.8 Å². The number of hydrogen-bond donors (Lipinski definition) is 1. The van der Waals surface area contributed by atoms with Crippen LogP contribution in [-0.2, 0) is 10.0 Å². The summed E-state index contributed by atoms with van der Waals surface area (Å²) in [6.45, 7) is 1.92. The second-order valence-corrected chi connectivity index (χ2v) is 8.87. The molecule has 0 amide bonds. The van der Waals surface area contributed by atoms with Gasteiger partial charge in [0.05, 0.1) is 22.0 Å². The van der Waals surface area contributed by atoms with E-state index in [1.54, 1.807) is 18.2 Å². The quantitative estimate of drug-likeness (QED) is 0.558. The molecule has 2 aromatic heterocycles. The molecular weight excluding hydrogens is 411 g/mol. The maximum Gasteiger partial charge on any atom is 0.234 e. The Labute approximate surface area is 165 Å². The smallest absolute Gasteiger partial charge is 0.234 e. The Hall–Kier alpha value is -2.10. The summed E-state index contributed by atoms with van der Waals surface area (Å²) in [5.41, 5.74) is 1.63. The van der Waals surface area contributed by atoms with Crippen molar-refractivity contribution in [3.8, 4) is 21.8 Å². The Morgan fingerprint density at radius 2 is 1.93 bits per heavy atom. The molecule has 0 bridgehead atoms. The highest BCUT2D eigenvalue weighted by atomic mass is 35.5. The number of unbranched alkanes of at least 4 members (excludes halogenated alkanes) is 1. The fourth-order valence-corrected chi connectivity index (χ4v) is 4.91. The molecule has 0 atom stereocenters. The number of thiazole rings is 1. The van der Waals surface area contributed by atoms with Gasteiger partial charge in [-0.25, -0.2) is 27.8 Å². The lowest BCUT2D eigenvalue weighted by atomic mass is 10.1. The first-order chi connectivity index (χ1) is 12.9. The van der Waals surface area contributed by atoms with Gasteiger partial charge in [-0.05, 0) is 48.4 Å². The molecule has 3 aromatic rings. The zero-order chi connectivity index (χ0) is 19.4. The van der Waals surface area contributed by atoms with Crippen LogP contribution in [0.25, 0.3) is 21.8 Å². The van der Waals surface area contributed by atoms with E-state index in [1.165, 1.54) is 18.3 Å². The minimum Gasteiger partial charge on any atom is -0.259 e. The van der Waals surface area contributed by atoms with E-state index in [2.05, 4.69) is 19.7 Å². The Bertz CT molecular complexity index is 1040. The number of hydrogen-bond acceptors (Lipinski definition) is 6. The van der Waals surface area contributed by atoms with Crippen LogP contribution in [-0.4, -0.2) is 29.1 Å². The van der Waals surface area contributed by atoms with Gasteiger partial charge < -0.3 is 0 Å². The zero-order valence-corrected chi connectivity index (χ0v) is 16.7. The maximum absolute atomic E-state index is 13.3. The third-order valence-corrected chi connectivity index (χ3v) is 6.25. The molecule has 0 radical (unpaired) electrons. The fraction of sp³-hybridized carbons (Fsp3) is 0.235. The highest BCUT2D eigenvalue weighted by Crippen LogP contribution is 2.38. The molecule has 142 valence electrons. The Morgan fingerprint density at radius 1 is 1.19 bits per heavy atom. The first-order valence-corrected chi connectivity index (χ1v) is 11.0. The number of halogens is 2. The van der Waals surface area contributed by atoms with Crippen LogP contribution in [0, 0.1) is 5.82 Å². The minimum absolute atomic E-state index is 0.0175. The number of nitrogens with one attached hydrogen (secondary N) is 1. The van der Waals surface area contributed by atoms with Gasteiger partial charge in [0.1, 0.15) is 5.82 Å². The van der Waals surface area contributed by atoms with E-state index in [0.717, 1.165) is 17.8 Å². The number of aromatic nitrogens is 3. The van der Waals surface area contributed by atoms with Crippen molar-refractivity contribution in [2.75, 3.05) is 10.5 Å². The summed E-state index contributed by atoms with van der Waals surface area (Å²) in [7, 11) is -3.50. The lowest BCUT2D eigenvalue weighted by Crippen LogP contribution is -2.16. The predicted octanol–water partition coefficient (Wildman–Crippen LogP) is 4.60. The van der Waals surface area contributed by atoms with E-state index in [4.69, 9.17) is 11.6 Å². The highest BCUT2D eigenvalue weighted by molar-refractivity contribution is 7.92. The lowest BCUT2D eigenvalue weighted by Gasteiger charge is -2.03. The lowest BCUT2D eigenvalue weighted by molar-refractivity contribution is 0.598. The zero-order valence-electron chi connectivity index (χ0n) is 14.3. The number of anilines is 1. The van der Waals surface area contributed by atoms with Gasteiger partial charge in [0.2, 0.25) is 15.3 Å². The Morgan fingerprint density at radius 3 is 2.59 bits per heavy atom. The molecular formula is C17H16ClFN4O2S2. The second kappa shape index (κ2) is 8.28. The summed E-state index contributed by atoms with van der Waals surface area (Å²) < 4.78 is 40.2. The summed E-state index contributed by atoms with van der Waals surface area (Å²) in [5, 5.41) is 0.284. The van der Waals surface area contributed by atoms with E-state index in [0.29, 0.717) is 28.2 Å². The van der Waals surface area contributed by atoms with Gasteiger partial charge in [-0.3, -0.25) is 4.72 Å². The van der Waals surface area contributed by atoms with Crippen LogP contribution in [0.3, 0.4) is 0 Å². The van der Waals surface area contributed by atoms with E-state index in [1.807, 2.05) is 6.92 Å². The van der Waals surface area contributed by atoms with Gasteiger partial charge in [0.15, 0.2) is 5.13 Å². The highest BCUT2D eigenvalue weighted by Gasteiger charge is 2.19. The van der Waals surface area contributed by atoms with Crippen LogP contribution in [0.15, 0.2) is 36.5 Å². The third-order valence-electron chi connectivity index (χ3n) is 3.61.